The van der Waals surface area contributed by atoms with Gasteiger partial charge in [-0.25, -0.2) is 0 Å². The maximum absolute atomic E-state index is 12.5. The van der Waals surface area contributed by atoms with Gasteiger partial charge in [0.2, 0.25) is 11.8 Å². The summed E-state index contributed by atoms with van der Waals surface area (Å²) in [5.41, 5.74) is -0.710. The van der Waals surface area contributed by atoms with Crippen molar-refractivity contribution in [3.05, 3.63) is 22.4 Å². The summed E-state index contributed by atoms with van der Waals surface area (Å²) in [7, 11) is 0. The van der Waals surface area contributed by atoms with Crippen LogP contribution in [0.5, 0.6) is 0 Å². The van der Waals surface area contributed by atoms with Gasteiger partial charge in [-0.2, -0.15) is 0 Å². The van der Waals surface area contributed by atoms with E-state index in [9.17, 15) is 9.59 Å². The zero-order valence-electron chi connectivity index (χ0n) is 13.0. The lowest BCUT2D eigenvalue weighted by Crippen LogP contribution is -2.54. The number of nitrogens with one attached hydrogen (secondary N) is 1. The van der Waals surface area contributed by atoms with Crippen LogP contribution in [-0.4, -0.2) is 28.8 Å². The molecule has 2 amide bonds. The molecule has 1 fully saturated rings. The van der Waals surface area contributed by atoms with Gasteiger partial charge in [0.1, 0.15) is 5.54 Å². The summed E-state index contributed by atoms with van der Waals surface area (Å²) in [5, 5.41) is 4.99. The number of thiophene rings is 1. The van der Waals surface area contributed by atoms with Crippen molar-refractivity contribution in [3.8, 4) is 0 Å². The molecule has 1 unspecified atom stereocenters. The molecule has 2 rings (SSSR count). The SMILES string of the molecule is CC(C)CCNC(=O)C1(C)CCC(=O)N1Cc1cccs1. The van der Waals surface area contributed by atoms with E-state index in [0.29, 0.717) is 31.8 Å². The van der Waals surface area contributed by atoms with Crippen LogP contribution in [0.15, 0.2) is 17.5 Å². The molecule has 1 aliphatic rings. The van der Waals surface area contributed by atoms with E-state index in [-0.39, 0.29) is 11.8 Å². The Morgan fingerprint density at radius 3 is 2.90 bits per heavy atom. The van der Waals surface area contributed by atoms with Gasteiger partial charge in [-0.3, -0.25) is 9.59 Å². The van der Waals surface area contributed by atoms with E-state index in [1.807, 2.05) is 24.4 Å². The predicted octanol–water partition coefficient (Wildman–Crippen LogP) is 2.79. The van der Waals surface area contributed by atoms with E-state index in [1.54, 1.807) is 16.2 Å². The quantitative estimate of drug-likeness (QED) is 0.878. The van der Waals surface area contributed by atoms with Crippen LogP contribution in [0.25, 0.3) is 0 Å². The highest BCUT2D eigenvalue weighted by molar-refractivity contribution is 7.09. The normalized spacial score (nSPS) is 22.1. The molecule has 0 aliphatic carbocycles. The predicted molar refractivity (Wildman–Crippen MR) is 85.0 cm³/mol. The topological polar surface area (TPSA) is 49.4 Å². The molecule has 2 heterocycles. The van der Waals surface area contributed by atoms with Crippen LogP contribution in [0.3, 0.4) is 0 Å². The van der Waals surface area contributed by atoms with Gasteiger partial charge in [0.15, 0.2) is 0 Å². The minimum absolute atomic E-state index is 0.0226. The monoisotopic (exact) mass is 308 g/mol. The summed E-state index contributed by atoms with van der Waals surface area (Å²) in [6, 6.07) is 3.98. The van der Waals surface area contributed by atoms with Crippen LogP contribution in [0.4, 0.5) is 0 Å². The van der Waals surface area contributed by atoms with E-state index >= 15 is 0 Å². The first kappa shape index (κ1) is 16.0. The molecule has 21 heavy (non-hydrogen) atoms. The zero-order valence-corrected chi connectivity index (χ0v) is 13.8. The van der Waals surface area contributed by atoms with Gasteiger partial charge < -0.3 is 10.2 Å². The fraction of sp³-hybridized carbons (Fsp3) is 0.625. The van der Waals surface area contributed by atoms with Crippen molar-refractivity contribution in [2.24, 2.45) is 5.92 Å². The summed E-state index contributed by atoms with van der Waals surface area (Å²) >= 11 is 1.62. The Hall–Kier alpha value is -1.36. The fourth-order valence-electron chi connectivity index (χ4n) is 2.62. The minimum atomic E-state index is -0.710. The molecule has 1 atom stereocenters. The second-order valence-electron chi connectivity index (χ2n) is 6.27. The molecule has 1 aliphatic heterocycles. The van der Waals surface area contributed by atoms with Gasteiger partial charge in [0.05, 0.1) is 6.54 Å². The lowest BCUT2D eigenvalue weighted by Gasteiger charge is -2.33. The van der Waals surface area contributed by atoms with E-state index in [2.05, 4.69) is 19.2 Å². The Kier molecular flexibility index (Phi) is 5.04. The second-order valence-corrected chi connectivity index (χ2v) is 7.30. The van der Waals surface area contributed by atoms with Crippen LogP contribution in [0.2, 0.25) is 0 Å². The van der Waals surface area contributed by atoms with E-state index in [4.69, 9.17) is 0 Å². The van der Waals surface area contributed by atoms with E-state index in [1.165, 1.54) is 0 Å². The Labute approximate surface area is 130 Å². The molecule has 0 bridgehead atoms. The molecule has 116 valence electrons. The fourth-order valence-corrected chi connectivity index (χ4v) is 3.31. The molecule has 0 spiro atoms. The third-order valence-corrected chi connectivity index (χ3v) is 4.97. The largest absolute Gasteiger partial charge is 0.354 e. The summed E-state index contributed by atoms with van der Waals surface area (Å²) in [4.78, 5) is 27.5. The standard InChI is InChI=1S/C16H24N2O2S/c1-12(2)7-9-17-15(20)16(3)8-6-14(19)18(16)11-13-5-4-10-21-13/h4-5,10,12H,6-9,11H2,1-3H3,(H,17,20). The number of carbonyl (C=O) groups is 2. The number of rotatable bonds is 6. The van der Waals surface area contributed by atoms with Crippen LogP contribution in [-0.2, 0) is 16.1 Å². The van der Waals surface area contributed by atoms with Crippen molar-refractivity contribution in [1.29, 1.82) is 0 Å². The average molecular weight is 308 g/mol. The molecule has 4 nitrogen and oxygen atoms in total. The first-order valence-corrected chi connectivity index (χ1v) is 8.42. The van der Waals surface area contributed by atoms with Crippen LogP contribution < -0.4 is 5.32 Å². The number of hydrogen-bond donors (Lipinski definition) is 1. The first-order valence-electron chi connectivity index (χ1n) is 7.54. The molecule has 5 heteroatoms. The number of nitrogens with zero attached hydrogens (tertiary/aromatic N) is 1. The maximum Gasteiger partial charge on any atom is 0.245 e. The Morgan fingerprint density at radius 2 is 2.29 bits per heavy atom. The third-order valence-electron chi connectivity index (χ3n) is 4.11. The van der Waals surface area contributed by atoms with Crippen LogP contribution in [0, 0.1) is 5.92 Å². The highest BCUT2D eigenvalue weighted by Gasteiger charge is 2.47. The summed E-state index contributed by atoms with van der Waals surface area (Å²) in [6.45, 7) is 7.36. The smallest absolute Gasteiger partial charge is 0.245 e. The summed E-state index contributed by atoms with van der Waals surface area (Å²) < 4.78 is 0. The van der Waals surface area contributed by atoms with Crippen LogP contribution >= 0.6 is 11.3 Å². The van der Waals surface area contributed by atoms with Crippen molar-refractivity contribution >= 4 is 23.2 Å². The van der Waals surface area contributed by atoms with Gasteiger partial charge >= 0.3 is 0 Å². The molecular weight excluding hydrogens is 284 g/mol. The molecule has 0 aromatic carbocycles. The number of likely N-dealkylation sites (tertiary alicyclic amines) is 1. The van der Waals surface area contributed by atoms with E-state index in [0.717, 1.165) is 11.3 Å². The van der Waals surface area contributed by atoms with Crippen molar-refractivity contribution in [2.45, 2.75) is 52.1 Å². The number of hydrogen-bond acceptors (Lipinski definition) is 3. The van der Waals surface area contributed by atoms with Gasteiger partial charge in [0, 0.05) is 17.8 Å². The highest BCUT2D eigenvalue weighted by Crippen LogP contribution is 2.32. The molecule has 1 saturated heterocycles. The van der Waals surface area contributed by atoms with Gasteiger partial charge in [-0.1, -0.05) is 19.9 Å². The third kappa shape index (κ3) is 3.64. The minimum Gasteiger partial charge on any atom is -0.354 e. The Bertz CT molecular complexity index is 498. The molecule has 1 aromatic rings. The number of carbonyl (C=O) groups excluding carboxylic acids is 2. The Balaban J connectivity index is 2.03. The van der Waals surface area contributed by atoms with Crippen molar-refractivity contribution in [1.82, 2.24) is 10.2 Å². The second kappa shape index (κ2) is 6.60. The van der Waals surface area contributed by atoms with E-state index < -0.39 is 5.54 Å². The van der Waals surface area contributed by atoms with Crippen molar-refractivity contribution < 1.29 is 9.59 Å². The lowest BCUT2D eigenvalue weighted by atomic mass is 9.97. The highest BCUT2D eigenvalue weighted by atomic mass is 32.1. The molecule has 0 radical (unpaired) electrons. The lowest BCUT2D eigenvalue weighted by molar-refractivity contribution is -0.141. The summed E-state index contributed by atoms with van der Waals surface area (Å²) in [6.07, 6.45) is 2.02. The zero-order chi connectivity index (χ0) is 15.5. The Morgan fingerprint density at radius 1 is 1.52 bits per heavy atom. The van der Waals surface area contributed by atoms with Gasteiger partial charge in [0.25, 0.3) is 0 Å². The average Bonchev–Trinajstić information content (AvgIpc) is 3.03. The first-order chi connectivity index (χ1) is 9.93. The maximum atomic E-state index is 12.5. The number of amides is 2. The molecule has 1 N–H and O–H groups in total. The van der Waals surface area contributed by atoms with Crippen molar-refractivity contribution in [3.63, 3.8) is 0 Å². The van der Waals surface area contributed by atoms with Gasteiger partial charge in [-0.15, -0.1) is 11.3 Å². The molecule has 1 aromatic heterocycles. The van der Waals surface area contributed by atoms with Gasteiger partial charge in [-0.05, 0) is 37.1 Å². The van der Waals surface area contributed by atoms with Crippen LogP contribution in [0.1, 0.15) is 44.9 Å². The van der Waals surface area contributed by atoms with Crippen molar-refractivity contribution in [2.75, 3.05) is 6.54 Å². The summed E-state index contributed by atoms with van der Waals surface area (Å²) in [5.74, 6) is 0.612. The molecular formula is C16H24N2O2S. The molecule has 0 saturated carbocycles.